The van der Waals surface area contributed by atoms with Crippen LogP contribution in [0.2, 0.25) is 5.02 Å². The van der Waals surface area contributed by atoms with Gasteiger partial charge < -0.3 is 10.2 Å². The predicted molar refractivity (Wildman–Crippen MR) is 177 cm³/mol. The molecule has 1 amide bonds. The molecule has 1 N–H and O–H groups in total. The Labute approximate surface area is 261 Å². The highest BCUT2D eigenvalue weighted by Crippen LogP contribution is 2.52. The Morgan fingerprint density at radius 3 is 2.50 bits per heavy atom. The Morgan fingerprint density at radius 1 is 0.976 bits per heavy atom. The number of benzene rings is 1. The lowest BCUT2D eigenvalue weighted by Crippen LogP contribution is -2.47. The van der Waals surface area contributed by atoms with Crippen LogP contribution in [0.15, 0.2) is 48.8 Å². The van der Waals surface area contributed by atoms with Crippen LogP contribution in [0, 0.1) is 17.8 Å². The number of nitrogens with one attached hydrogen (secondary N) is 1. The van der Waals surface area contributed by atoms with E-state index in [4.69, 9.17) is 11.6 Å². The van der Waals surface area contributed by atoms with Gasteiger partial charge in [-0.25, -0.2) is 0 Å². The van der Waals surface area contributed by atoms with Crippen LogP contribution in [-0.4, -0.2) is 41.0 Å². The summed E-state index contributed by atoms with van der Waals surface area (Å²) < 4.78 is 1.11. The minimum atomic E-state index is 0.173. The lowest BCUT2D eigenvalue weighted by atomic mass is 9.87. The van der Waals surface area contributed by atoms with Crippen molar-refractivity contribution in [1.29, 1.82) is 0 Å². The fraction of sp³-hybridized carbons (Fsp3) is 0.611. The maximum absolute atomic E-state index is 14.5. The first kappa shape index (κ1) is 30.1. The minimum absolute atomic E-state index is 0.173. The number of halogens is 1. The Morgan fingerprint density at radius 2 is 1.74 bits per heavy atom. The number of fused-ring (bicyclic) bond motifs is 2. The van der Waals surface area contributed by atoms with Crippen molar-refractivity contribution in [3.05, 3.63) is 64.3 Å². The third-order valence-electron chi connectivity index (χ3n) is 10.5. The summed E-state index contributed by atoms with van der Waals surface area (Å²) in [5.41, 5.74) is 1.47. The fourth-order valence-corrected chi connectivity index (χ4v) is 9.47. The second-order valence-electron chi connectivity index (χ2n) is 13.3. The molecule has 4 unspecified atom stereocenters. The molecule has 42 heavy (non-hydrogen) atoms. The summed E-state index contributed by atoms with van der Waals surface area (Å²) in [5, 5.41) is 5.40. The van der Waals surface area contributed by atoms with Gasteiger partial charge in [0.2, 0.25) is 0 Å². The summed E-state index contributed by atoms with van der Waals surface area (Å²) in [6, 6.07) is 13.6. The molecule has 4 nitrogen and oxygen atoms in total. The van der Waals surface area contributed by atoms with Gasteiger partial charge in [-0.2, -0.15) is 0 Å². The highest BCUT2D eigenvalue weighted by Gasteiger charge is 2.45. The molecule has 0 saturated heterocycles. The lowest BCUT2D eigenvalue weighted by molar-refractivity contribution is 0.0560. The molecule has 3 fully saturated rings. The Balaban J connectivity index is 1.22. The number of thiophene rings is 1. The molecule has 3 aliphatic rings. The number of aromatic nitrogens is 1. The largest absolute Gasteiger partial charge is 0.335 e. The van der Waals surface area contributed by atoms with Crippen LogP contribution in [-0.2, 0) is 0 Å². The highest BCUT2D eigenvalue weighted by molar-refractivity contribution is 7.21. The highest BCUT2D eigenvalue weighted by atomic mass is 35.5. The standard InChI is InChI=1S/C36H48ClN3OS/c1-2-19-39-29-13-15-30(16-14-29)40(36(41)35-34(37)31-11-7-8-12-33(31)42-35)24-27-10-6-4-3-5-9-26(22-28-23-32(27)28)25-17-20-38-21-18-25/h7-8,11-12,17-18,20-21,26-30,32,39H,2-6,9-10,13-16,19,22-24H2,1H3. The van der Waals surface area contributed by atoms with Crippen molar-refractivity contribution in [3.63, 3.8) is 0 Å². The monoisotopic (exact) mass is 605 g/mol. The summed E-state index contributed by atoms with van der Waals surface area (Å²) in [4.78, 5) is 21.8. The number of carbonyl (C=O) groups excluding carboxylic acids is 1. The molecule has 6 heteroatoms. The van der Waals surface area contributed by atoms with Gasteiger partial charge in [-0.05, 0) is 112 Å². The van der Waals surface area contributed by atoms with E-state index in [1.54, 1.807) is 11.3 Å². The number of nitrogens with zero attached hydrogens (tertiary/aromatic N) is 2. The Hall–Kier alpha value is -1.95. The fourth-order valence-electron chi connectivity index (χ4n) is 8.01. The number of pyridine rings is 1. The second-order valence-corrected chi connectivity index (χ2v) is 14.7. The average Bonchev–Trinajstić information content (AvgIpc) is 3.72. The van der Waals surface area contributed by atoms with Crippen LogP contribution < -0.4 is 5.32 Å². The van der Waals surface area contributed by atoms with E-state index in [2.05, 4.69) is 46.4 Å². The van der Waals surface area contributed by atoms with Gasteiger partial charge in [0.05, 0.1) is 5.02 Å². The van der Waals surface area contributed by atoms with Crippen molar-refractivity contribution < 1.29 is 4.79 Å². The lowest BCUT2D eigenvalue weighted by Gasteiger charge is -2.39. The molecule has 6 rings (SSSR count). The maximum atomic E-state index is 14.5. The molecule has 2 heterocycles. The van der Waals surface area contributed by atoms with Crippen molar-refractivity contribution in [2.24, 2.45) is 17.8 Å². The van der Waals surface area contributed by atoms with Crippen LogP contribution in [0.4, 0.5) is 0 Å². The molecule has 4 atom stereocenters. The number of hydrogen-bond donors (Lipinski definition) is 1. The number of rotatable bonds is 8. The zero-order chi connectivity index (χ0) is 28.9. The van der Waals surface area contributed by atoms with E-state index in [0.29, 0.717) is 28.9 Å². The molecular weight excluding hydrogens is 558 g/mol. The molecule has 3 aliphatic carbocycles. The Kier molecular flexibility index (Phi) is 10.2. The minimum Gasteiger partial charge on any atom is -0.335 e. The summed E-state index contributed by atoms with van der Waals surface area (Å²) in [6.45, 7) is 4.21. The molecule has 0 spiro atoms. The van der Waals surface area contributed by atoms with Crippen LogP contribution in [0.3, 0.4) is 0 Å². The first-order chi connectivity index (χ1) is 20.6. The van der Waals surface area contributed by atoms with Crippen molar-refractivity contribution in [1.82, 2.24) is 15.2 Å². The topological polar surface area (TPSA) is 45.2 Å². The normalized spacial score (nSPS) is 28.5. The van der Waals surface area contributed by atoms with Crippen molar-refractivity contribution >= 4 is 38.9 Å². The van der Waals surface area contributed by atoms with E-state index in [1.165, 1.54) is 63.4 Å². The van der Waals surface area contributed by atoms with Gasteiger partial charge in [-0.1, -0.05) is 62.4 Å². The van der Waals surface area contributed by atoms with E-state index in [0.717, 1.165) is 65.6 Å². The van der Waals surface area contributed by atoms with Gasteiger partial charge in [0, 0.05) is 41.1 Å². The summed E-state index contributed by atoms with van der Waals surface area (Å²) in [6.07, 6.45) is 19.9. The van der Waals surface area contributed by atoms with Gasteiger partial charge >= 0.3 is 0 Å². The molecule has 0 bridgehead atoms. The smallest absolute Gasteiger partial charge is 0.265 e. The third-order valence-corrected chi connectivity index (χ3v) is 12.1. The zero-order valence-electron chi connectivity index (χ0n) is 25.3. The maximum Gasteiger partial charge on any atom is 0.265 e. The molecule has 3 aromatic rings. The van der Waals surface area contributed by atoms with Crippen LogP contribution in [0.25, 0.3) is 10.1 Å². The quantitative estimate of drug-likeness (QED) is 0.278. The first-order valence-electron chi connectivity index (χ1n) is 16.7. The Bertz CT molecular complexity index is 1300. The van der Waals surface area contributed by atoms with E-state index in [-0.39, 0.29) is 5.91 Å². The van der Waals surface area contributed by atoms with Gasteiger partial charge in [0.1, 0.15) is 4.88 Å². The predicted octanol–water partition coefficient (Wildman–Crippen LogP) is 9.48. The molecule has 226 valence electrons. The SMILES string of the molecule is CCCNC1CCC(N(CC2CCCCCCC(c3ccncc3)CC3CC32)C(=O)c2sc3ccccc3c2Cl)CC1. The summed E-state index contributed by atoms with van der Waals surface area (Å²) in [5.74, 6) is 2.92. The van der Waals surface area contributed by atoms with Crippen LogP contribution in [0.5, 0.6) is 0 Å². The average molecular weight is 606 g/mol. The van der Waals surface area contributed by atoms with Crippen LogP contribution >= 0.6 is 22.9 Å². The van der Waals surface area contributed by atoms with Gasteiger partial charge in [0.25, 0.3) is 5.91 Å². The van der Waals surface area contributed by atoms with Crippen molar-refractivity contribution in [2.75, 3.05) is 13.1 Å². The zero-order valence-corrected chi connectivity index (χ0v) is 26.9. The van der Waals surface area contributed by atoms with E-state index in [9.17, 15) is 4.79 Å². The number of carbonyl (C=O) groups is 1. The summed E-state index contributed by atoms with van der Waals surface area (Å²) in [7, 11) is 0. The molecule has 1 aromatic carbocycles. The van der Waals surface area contributed by atoms with Gasteiger partial charge in [-0.15, -0.1) is 11.3 Å². The van der Waals surface area contributed by atoms with E-state index in [1.807, 2.05) is 24.5 Å². The third kappa shape index (κ3) is 7.05. The van der Waals surface area contributed by atoms with Crippen LogP contribution in [0.1, 0.15) is 112 Å². The molecule has 3 saturated carbocycles. The van der Waals surface area contributed by atoms with Gasteiger partial charge in [-0.3, -0.25) is 9.78 Å². The number of hydrogen-bond acceptors (Lipinski definition) is 4. The number of amides is 1. The van der Waals surface area contributed by atoms with Gasteiger partial charge in [0.15, 0.2) is 0 Å². The first-order valence-corrected chi connectivity index (χ1v) is 17.9. The van der Waals surface area contributed by atoms with E-state index >= 15 is 0 Å². The molecule has 2 aromatic heterocycles. The summed E-state index contributed by atoms with van der Waals surface area (Å²) >= 11 is 8.51. The molecule has 0 radical (unpaired) electrons. The molecular formula is C36H48ClN3OS. The van der Waals surface area contributed by atoms with E-state index < -0.39 is 0 Å². The van der Waals surface area contributed by atoms with Crippen molar-refractivity contribution in [2.45, 2.75) is 108 Å². The second kappa shape index (κ2) is 14.2. The molecule has 0 aliphatic heterocycles. The van der Waals surface area contributed by atoms with Crippen molar-refractivity contribution in [3.8, 4) is 0 Å².